The molecule has 0 aliphatic carbocycles. The van der Waals surface area contributed by atoms with Gasteiger partial charge in [0.1, 0.15) is 0 Å². The molecular weight excluding hydrogens is 182 g/mol. The Morgan fingerprint density at radius 1 is 1.13 bits per heavy atom. The van der Waals surface area contributed by atoms with Gasteiger partial charge in [0, 0.05) is 9.29 Å². The van der Waals surface area contributed by atoms with E-state index >= 15 is 0 Å². The molecule has 0 atom stereocenters. The van der Waals surface area contributed by atoms with Gasteiger partial charge in [0.05, 0.1) is 0 Å². The van der Waals surface area contributed by atoms with E-state index in [0.29, 0.717) is 0 Å². The zero-order valence-corrected chi connectivity index (χ0v) is 10.3. The molecule has 1 heteroatoms. The summed E-state index contributed by atoms with van der Waals surface area (Å²) in [4.78, 5) is 2.41. The highest BCUT2D eigenvalue weighted by Crippen LogP contribution is 2.16. The summed E-state index contributed by atoms with van der Waals surface area (Å²) in [5.41, 5.74) is 3.07. The normalized spacial score (nSPS) is 17.3. The van der Waals surface area contributed by atoms with E-state index in [0.717, 1.165) is 6.54 Å². The first kappa shape index (κ1) is 10.7. The minimum Gasteiger partial charge on any atom is -0.302 e. The zero-order valence-electron chi connectivity index (χ0n) is 12.3. The average Bonchev–Trinajstić information content (AvgIpc) is 2.38. The first-order valence-electron chi connectivity index (χ1n) is 7.11. The fourth-order valence-corrected chi connectivity index (χ4v) is 2.02. The van der Waals surface area contributed by atoms with Gasteiger partial charge in [-0.25, -0.2) is 0 Å². The van der Waals surface area contributed by atoms with Gasteiger partial charge in [-0.05, 0) is 44.0 Å². The Kier molecular flexibility index (Phi) is 4.72. The predicted molar refractivity (Wildman–Crippen MR) is 69.2 cm³/mol. The first-order valence-corrected chi connectivity index (χ1v) is 5.11. The molecule has 1 aliphatic rings. The molecule has 1 aromatic carbocycles. The van der Waals surface area contributed by atoms with Crippen molar-refractivity contribution in [3.63, 3.8) is 0 Å². The summed E-state index contributed by atoms with van der Waals surface area (Å²) in [6.07, 6.45) is 3.94. The van der Waals surface area contributed by atoms with Crippen LogP contribution in [0, 0.1) is 0 Å². The molecule has 1 heterocycles. The van der Waals surface area contributed by atoms with Gasteiger partial charge in [-0.1, -0.05) is 39.1 Å². The van der Waals surface area contributed by atoms with Crippen molar-refractivity contribution in [3.8, 4) is 0 Å². The maximum atomic E-state index is 5.75. The Balaban J connectivity index is 0.000000581. The van der Waals surface area contributed by atoms with Crippen molar-refractivity contribution in [1.29, 1.82) is 0 Å². The zero-order chi connectivity index (χ0) is 13.1. The van der Waals surface area contributed by atoms with Crippen molar-refractivity contribution in [1.82, 2.24) is 4.90 Å². The number of nitrogens with zero attached hydrogens (tertiary/aromatic N) is 1. The molecule has 1 nitrogen and oxygen atoms in total. The van der Waals surface area contributed by atoms with Gasteiger partial charge in [0.25, 0.3) is 0 Å². The second-order valence-corrected chi connectivity index (χ2v) is 3.96. The lowest BCUT2D eigenvalue weighted by Gasteiger charge is -2.21. The largest absolute Gasteiger partial charge is 0.302 e. The molecule has 0 saturated heterocycles. The summed E-state index contributed by atoms with van der Waals surface area (Å²) in [7, 11) is 4.71. The third-order valence-corrected chi connectivity index (χ3v) is 2.79. The van der Waals surface area contributed by atoms with Crippen LogP contribution in [0.25, 0.3) is 0 Å². The van der Waals surface area contributed by atoms with E-state index in [4.69, 9.17) is 2.74 Å². The Bertz CT molecular complexity index is 289. The van der Waals surface area contributed by atoms with Crippen LogP contribution in [0.1, 0.15) is 41.5 Å². The van der Waals surface area contributed by atoms with E-state index in [9.17, 15) is 0 Å². The molecule has 1 aromatic rings. The molecule has 0 unspecified atom stereocenters. The van der Waals surface area contributed by atoms with Crippen molar-refractivity contribution >= 4 is 0 Å². The highest BCUT2D eigenvalue weighted by molar-refractivity contribution is 5.27. The second-order valence-electron chi connectivity index (χ2n) is 3.96. The second kappa shape index (κ2) is 6.62. The Labute approximate surface area is 97.9 Å². The van der Waals surface area contributed by atoms with Crippen LogP contribution in [0.4, 0.5) is 0 Å². The van der Waals surface area contributed by atoms with Crippen LogP contribution in [0.15, 0.2) is 24.3 Å². The third-order valence-electron chi connectivity index (χ3n) is 2.79. The Hall–Kier alpha value is -0.820. The van der Waals surface area contributed by atoms with Gasteiger partial charge in [0.2, 0.25) is 0 Å². The van der Waals surface area contributed by atoms with E-state index in [1.807, 2.05) is 0 Å². The van der Waals surface area contributed by atoms with E-state index in [1.54, 1.807) is 5.56 Å². The number of hydrogen-bond acceptors (Lipinski definition) is 1. The highest BCUT2D eigenvalue weighted by atomic mass is 15.1. The van der Waals surface area contributed by atoms with E-state index in [2.05, 4.69) is 36.2 Å². The van der Waals surface area contributed by atoms with Crippen molar-refractivity contribution in [2.75, 3.05) is 13.6 Å². The molecule has 86 valence electrons. The number of hydrogen-bond donors (Lipinski definition) is 0. The van der Waals surface area contributed by atoms with Gasteiger partial charge >= 0.3 is 0 Å². The Morgan fingerprint density at radius 2 is 1.80 bits per heavy atom. The van der Waals surface area contributed by atoms with Gasteiger partial charge in [-0.2, -0.15) is 0 Å². The molecule has 0 saturated carbocycles. The van der Waals surface area contributed by atoms with Crippen LogP contribution in [0.2, 0.25) is 0 Å². The van der Waals surface area contributed by atoms with Crippen LogP contribution in [0.3, 0.4) is 0 Å². The van der Waals surface area contributed by atoms with Crippen molar-refractivity contribution in [2.24, 2.45) is 0 Å². The summed E-state index contributed by atoms with van der Waals surface area (Å²) in [6.45, 7) is 2.37. The first-order chi connectivity index (χ1) is 8.36. The van der Waals surface area contributed by atoms with Crippen LogP contribution in [0.5, 0.6) is 0 Å². The summed E-state index contributed by atoms with van der Waals surface area (Å²) >= 11 is 0. The maximum absolute atomic E-state index is 5.75. The summed E-state index contributed by atoms with van der Waals surface area (Å²) in [5, 5.41) is 0. The lowest BCUT2D eigenvalue weighted by Crippen LogP contribution is -2.21. The van der Waals surface area contributed by atoms with Crippen LogP contribution in [-0.4, -0.2) is 18.5 Å². The monoisotopic (exact) mass is 211 g/mol. The topological polar surface area (TPSA) is 3.24 Å². The molecule has 0 fully saturated rings. The molecule has 0 radical (unpaired) electrons. The Morgan fingerprint density at radius 3 is 2.53 bits per heavy atom. The van der Waals surface area contributed by atoms with Gasteiger partial charge in [-0.3, -0.25) is 0 Å². The van der Waals surface area contributed by atoms with Crippen molar-refractivity contribution < 1.29 is 2.74 Å². The number of aryl methyl sites for hydroxylation is 1. The van der Waals surface area contributed by atoms with Crippen molar-refractivity contribution in [2.45, 2.75) is 40.6 Å². The van der Waals surface area contributed by atoms with E-state index < -0.39 is 0 Å². The lowest BCUT2D eigenvalue weighted by atomic mass is 9.99. The molecule has 0 amide bonds. The van der Waals surface area contributed by atoms with E-state index in [-0.39, 0.29) is 0 Å². The summed E-state index contributed by atoms with van der Waals surface area (Å²) in [5.74, 6) is 0. The predicted octanol–water partition coefficient (Wildman–Crippen LogP) is 3.73. The molecule has 0 bridgehead atoms. The summed E-state index contributed by atoms with van der Waals surface area (Å²) in [6, 6.07) is 8.83. The molecule has 0 spiro atoms. The summed E-state index contributed by atoms with van der Waals surface area (Å²) < 4.78 is 11.5. The third kappa shape index (κ3) is 3.67. The minimum absolute atomic E-state index is 1.12. The highest BCUT2D eigenvalue weighted by Gasteiger charge is 2.08. The smallest absolute Gasteiger partial charge is 0.0233 e. The quantitative estimate of drug-likeness (QED) is 0.632. The minimum atomic E-state index is 1.12. The van der Waals surface area contributed by atoms with E-state index in [1.165, 1.54) is 46.2 Å². The molecular formula is C14H25N. The van der Waals surface area contributed by atoms with Crippen molar-refractivity contribution in [3.05, 3.63) is 35.4 Å². The fraction of sp³-hybridized carbons (Fsp3) is 0.571. The lowest BCUT2D eigenvalue weighted by molar-refractivity contribution is 0.311. The standard InChI is InChI=1S/C12H17N.2CH4/c1-13-9-5-4-7-11-6-2-3-8-12(11)10-13;;/h2-3,6,8H,4-5,7,9-10H2,1H3;2*1H4/i;2*1T. The number of rotatable bonds is 0. The SMILES string of the molecule is CN1CCCCc2ccccc2C1.[3H]C.[3H]C. The van der Waals surface area contributed by atoms with Crippen LogP contribution >= 0.6 is 0 Å². The van der Waals surface area contributed by atoms with Crippen LogP contribution in [-0.2, 0) is 13.0 Å². The molecule has 15 heavy (non-hydrogen) atoms. The number of benzene rings is 1. The molecule has 0 N–H and O–H groups in total. The maximum Gasteiger partial charge on any atom is 0.0233 e. The molecule has 2 rings (SSSR count). The van der Waals surface area contributed by atoms with Gasteiger partial charge in [0.15, 0.2) is 0 Å². The molecule has 1 aliphatic heterocycles. The number of fused-ring (bicyclic) bond motifs is 1. The molecule has 0 aromatic heterocycles. The van der Waals surface area contributed by atoms with Gasteiger partial charge in [-0.15, -0.1) is 0 Å². The average molecular weight is 211 g/mol. The van der Waals surface area contributed by atoms with Gasteiger partial charge < -0.3 is 4.90 Å². The fourth-order valence-electron chi connectivity index (χ4n) is 2.02. The van der Waals surface area contributed by atoms with Crippen LogP contribution < -0.4 is 0 Å².